The lowest BCUT2D eigenvalue weighted by Gasteiger charge is -2.00. The maximum absolute atomic E-state index is 13.5. The molecule has 0 aliphatic rings. The van der Waals surface area contributed by atoms with Crippen molar-refractivity contribution in [2.24, 2.45) is 0 Å². The van der Waals surface area contributed by atoms with E-state index in [1.165, 1.54) is 6.20 Å². The van der Waals surface area contributed by atoms with Crippen molar-refractivity contribution in [2.75, 3.05) is 0 Å². The Morgan fingerprint density at radius 1 is 1.62 bits per heavy atom. The number of aromatic amines is 1. The van der Waals surface area contributed by atoms with Crippen molar-refractivity contribution in [3.8, 4) is 0 Å². The van der Waals surface area contributed by atoms with Gasteiger partial charge in [0.25, 0.3) is 0 Å². The molecule has 0 aliphatic carbocycles. The molecule has 2 aromatic rings. The Morgan fingerprint density at radius 3 is 2.88 bits per heavy atom. The van der Waals surface area contributed by atoms with E-state index in [9.17, 15) is 19.3 Å². The second-order valence-corrected chi connectivity index (χ2v) is 2.98. The van der Waals surface area contributed by atoms with Crippen molar-refractivity contribution in [3.05, 3.63) is 33.8 Å². The number of nitro groups is 1. The number of nitro benzene ring substituents is 1. The van der Waals surface area contributed by atoms with E-state index in [4.69, 9.17) is 5.11 Å². The van der Waals surface area contributed by atoms with Gasteiger partial charge in [-0.2, -0.15) is 9.49 Å². The van der Waals surface area contributed by atoms with Crippen LogP contribution in [0, 0.1) is 15.9 Å². The summed E-state index contributed by atoms with van der Waals surface area (Å²) in [6.45, 7) is 0. The predicted octanol–water partition coefficient (Wildman–Crippen LogP) is 1.31. The standard InChI is InChI=1S/C8H4FN3O4/c9-6-4(12(15)16)1-3-2-10-11-7(3)5(6)8(13)14/h1-2H,(H,10,11)(H,13,14). The molecule has 1 heterocycles. The van der Waals surface area contributed by atoms with Crippen molar-refractivity contribution in [3.63, 3.8) is 0 Å². The average Bonchev–Trinajstić information content (AvgIpc) is 2.62. The van der Waals surface area contributed by atoms with Gasteiger partial charge in [-0.05, 0) is 0 Å². The van der Waals surface area contributed by atoms with Crippen molar-refractivity contribution in [2.45, 2.75) is 0 Å². The SMILES string of the molecule is O=C(O)c1c(F)c([N+](=O)[O-])cc2cn[nH]c12. The number of nitrogens with zero attached hydrogens (tertiary/aromatic N) is 2. The van der Waals surface area contributed by atoms with Gasteiger partial charge in [0.15, 0.2) is 0 Å². The first-order chi connectivity index (χ1) is 7.52. The number of benzene rings is 1. The van der Waals surface area contributed by atoms with Crippen LogP contribution >= 0.6 is 0 Å². The van der Waals surface area contributed by atoms with E-state index in [0.29, 0.717) is 0 Å². The Morgan fingerprint density at radius 2 is 2.31 bits per heavy atom. The Bertz CT molecular complexity index is 607. The molecule has 2 N–H and O–H groups in total. The molecule has 1 aromatic carbocycles. The highest BCUT2D eigenvalue weighted by atomic mass is 19.1. The van der Waals surface area contributed by atoms with Crippen LogP contribution in [0.1, 0.15) is 10.4 Å². The highest BCUT2D eigenvalue weighted by Crippen LogP contribution is 2.28. The lowest BCUT2D eigenvalue weighted by atomic mass is 10.1. The summed E-state index contributed by atoms with van der Waals surface area (Å²) in [4.78, 5) is 20.3. The molecule has 0 fully saturated rings. The number of aromatic carboxylic acids is 1. The summed E-state index contributed by atoms with van der Waals surface area (Å²) in [6.07, 6.45) is 1.19. The van der Waals surface area contributed by atoms with E-state index in [1.54, 1.807) is 0 Å². The van der Waals surface area contributed by atoms with Gasteiger partial charge in [-0.25, -0.2) is 4.79 Å². The van der Waals surface area contributed by atoms with Crippen LogP contribution < -0.4 is 0 Å². The van der Waals surface area contributed by atoms with Crippen LogP contribution in [0.15, 0.2) is 12.3 Å². The maximum Gasteiger partial charge on any atom is 0.341 e. The van der Waals surface area contributed by atoms with Gasteiger partial charge in [0.05, 0.1) is 16.6 Å². The van der Waals surface area contributed by atoms with Gasteiger partial charge in [-0.1, -0.05) is 0 Å². The van der Waals surface area contributed by atoms with Gasteiger partial charge < -0.3 is 5.11 Å². The lowest BCUT2D eigenvalue weighted by Crippen LogP contribution is -2.05. The van der Waals surface area contributed by atoms with E-state index in [2.05, 4.69) is 10.2 Å². The molecule has 0 unspecified atom stereocenters. The molecule has 0 aliphatic heterocycles. The predicted molar refractivity (Wildman–Crippen MR) is 49.7 cm³/mol. The molecule has 1 aromatic heterocycles. The third-order valence-corrected chi connectivity index (χ3v) is 2.07. The van der Waals surface area contributed by atoms with Crippen LogP contribution in [0.5, 0.6) is 0 Å². The fourth-order valence-corrected chi connectivity index (χ4v) is 1.39. The van der Waals surface area contributed by atoms with E-state index in [-0.39, 0.29) is 10.9 Å². The molecule has 0 saturated heterocycles. The number of nitrogens with one attached hydrogen (secondary N) is 1. The smallest absolute Gasteiger partial charge is 0.341 e. The average molecular weight is 225 g/mol. The summed E-state index contributed by atoms with van der Waals surface area (Å²) >= 11 is 0. The molecule has 8 heteroatoms. The summed E-state index contributed by atoms with van der Waals surface area (Å²) in [5.41, 5.74) is -1.73. The summed E-state index contributed by atoms with van der Waals surface area (Å²) in [5.74, 6) is -2.97. The molecule has 0 bridgehead atoms. The number of halogens is 1. The fourth-order valence-electron chi connectivity index (χ4n) is 1.39. The minimum absolute atomic E-state index is 0.0735. The summed E-state index contributed by atoms with van der Waals surface area (Å²) in [6, 6.07) is 0.931. The molecule has 7 nitrogen and oxygen atoms in total. The highest BCUT2D eigenvalue weighted by Gasteiger charge is 2.26. The Kier molecular flexibility index (Phi) is 2.04. The van der Waals surface area contributed by atoms with E-state index < -0.39 is 28.0 Å². The highest BCUT2D eigenvalue weighted by molar-refractivity contribution is 6.03. The zero-order valence-corrected chi connectivity index (χ0v) is 7.60. The van der Waals surface area contributed by atoms with Crippen molar-refractivity contribution < 1.29 is 19.2 Å². The zero-order valence-electron chi connectivity index (χ0n) is 7.60. The molecule has 2 rings (SSSR count). The number of aromatic nitrogens is 2. The zero-order chi connectivity index (χ0) is 11.9. The Hall–Kier alpha value is -2.51. The molecule has 82 valence electrons. The second-order valence-electron chi connectivity index (χ2n) is 2.98. The number of carboxylic acids is 1. The summed E-state index contributed by atoms with van der Waals surface area (Å²) in [7, 11) is 0. The first-order valence-electron chi connectivity index (χ1n) is 4.05. The maximum atomic E-state index is 13.5. The normalized spacial score (nSPS) is 10.6. The monoisotopic (exact) mass is 225 g/mol. The van der Waals surface area contributed by atoms with Crippen LogP contribution in [0.3, 0.4) is 0 Å². The number of rotatable bonds is 2. The number of H-pyrrole nitrogens is 1. The fraction of sp³-hybridized carbons (Fsp3) is 0. The number of hydrogen-bond acceptors (Lipinski definition) is 4. The number of fused-ring (bicyclic) bond motifs is 1. The van der Waals surface area contributed by atoms with Gasteiger partial charge in [0.1, 0.15) is 5.56 Å². The quantitative estimate of drug-likeness (QED) is 0.591. The van der Waals surface area contributed by atoms with Crippen LogP contribution in [-0.4, -0.2) is 26.2 Å². The topological polar surface area (TPSA) is 109 Å². The van der Waals surface area contributed by atoms with Gasteiger partial charge in [-0.15, -0.1) is 0 Å². The molecule has 0 spiro atoms. The van der Waals surface area contributed by atoms with Crippen LogP contribution in [0.2, 0.25) is 0 Å². The van der Waals surface area contributed by atoms with Crippen LogP contribution in [0.4, 0.5) is 10.1 Å². The molecule has 0 atom stereocenters. The van der Waals surface area contributed by atoms with Crippen molar-refractivity contribution in [1.29, 1.82) is 0 Å². The third-order valence-electron chi connectivity index (χ3n) is 2.07. The van der Waals surface area contributed by atoms with Crippen molar-refractivity contribution in [1.82, 2.24) is 10.2 Å². The minimum Gasteiger partial charge on any atom is -0.478 e. The van der Waals surface area contributed by atoms with Crippen molar-refractivity contribution >= 4 is 22.6 Å². The first-order valence-corrected chi connectivity index (χ1v) is 4.05. The lowest BCUT2D eigenvalue weighted by molar-refractivity contribution is -0.387. The van der Waals surface area contributed by atoms with Crippen LogP contribution in [0.25, 0.3) is 10.9 Å². The number of carbonyl (C=O) groups is 1. The Labute approximate surface area is 86.6 Å². The van der Waals surface area contributed by atoms with Gasteiger partial charge >= 0.3 is 11.7 Å². The van der Waals surface area contributed by atoms with E-state index in [1.807, 2.05) is 0 Å². The summed E-state index contributed by atoms with van der Waals surface area (Å²) < 4.78 is 13.5. The van der Waals surface area contributed by atoms with Gasteiger partial charge in [0.2, 0.25) is 5.82 Å². The minimum atomic E-state index is -1.59. The molecule has 0 amide bonds. The molecule has 0 saturated carbocycles. The third kappa shape index (κ3) is 1.28. The molecular formula is C8H4FN3O4. The second kappa shape index (κ2) is 3.26. The number of carboxylic acid groups (broad SMARTS) is 1. The van der Waals surface area contributed by atoms with E-state index >= 15 is 0 Å². The van der Waals surface area contributed by atoms with E-state index in [0.717, 1.165) is 6.07 Å². The largest absolute Gasteiger partial charge is 0.478 e. The first kappa shape index (κ1) is 10.0. The molecule has 0 radical (unpaired) electrons. The van der Waals surface area contributed by atoms with Crippen LogP contribution in [-0.2, 0) is 0 Å². The Balaban J connectivity index is 2.92. The molecule has 16 heavy (non-hydrogen) atoms. The summed E-state index contributed by atoms with van der Waals surface area (Å²) in [5, 5.41) is 25.2. The molecular weight excluding hydrogens is 221 g/mol. The van der Waals surface area contributed by atoms with Gasteiger partial charge in [0, 0.05) is 11.5 Å². The number of hydrogen-bond donors (Lipinski definition) is 2. The van der Waals surface area contributed by atoms with Gasteiger partial charge in [-0.3, -0.25) is 15.2 Å².